The van der Waals surface area contributed by atoms with Crippen molar-refractivity contribution in [1.29, 1.82) is 0 Å². The first-order chi connectivity index (χ1) is 5.20. The molecule has 0 atom stereocenters. The number of nitrogens with two attached hydrogens (primary N) is 1. The van der Waals surface area contributed by atoms with Crippen molar-refractivity contribution in [3.8, 4) is 0 Å². The molecule has 2 heteroatoms. The third-order valence-electron chi connectivity index (χ3n) is 1.28. The minimum atomic E-state index is 0.822. The summed E-state index contributed by atoms with van der Waals surface area (Å²) in [7, 11) is 0. The summed E-state index contributed by atoms with van der Waals surface area (Å²) in [6, 6.07) is 1.87. The molecule has 11 heavy (non-hydrogen) atoms. The van der Waals surface area contributed by atoms with E-state index in [9.17, 15) is 0 Å². The second-order valence-corrected chi connectivity index (χ2v) is 2.18. The van der Waals surface area contributed by atoms with Crippen molar-refractivity contribution < 1.29 is 0 Å². The SMILES string of the molecule is CC.Cc1cc(N)c(C)cn1. The Morgan fingerprint density at radius 3 is 2.18 bits per heavy atom. The van der Waals surface area contributed by atoms with Crippen molar-refractivity contribution in [3.63, 3.8) is 0 Å². The Morgan fingerprint density at radius 1 is 1.27 bits per heavy atom. The van der Waals surface area contributed by atoms with E-state index < -0.39 is 0 Å². The van der Waals surface area contributed by atoms with Gasteiger partial charge >= 0.3 is 0 Å². The molecule has 1 aromatic rings. The lowest BCUT2D eigenvalue weighted by Crippen LogP contribution is -1.91. The van der Waals surface area contributed by atoms with Gasteiger partial charge in [0, 0.05) is 17.6 Å². The highest BCUT2D eigenvalue weighted by atomic mass is 14.7. The van der Waals surface area contributed by atoms with E-state index in [1.54, 1.807) is 6.20 Å². The van der Waals surface area contributed by atoms with E-state index in [1.807, 2.05) is 33.8 Å². The Kier molecular flexibility index (Phi) is 4.27. The van der Waals surface area contributed by atoms with Crippen LogP contribution in [0.5, 0.6) is 0 Å². The zero-order chi connectivity index (χ0) is 8.85. The van der Waals surface area contributed by atoms with Crippen LogP contribution in [-0.2, 0) is 0 Å². The van der Waals surface area contributed by atoms with E-state index in [0.29, 0.717) is 0 Å². The highest BCUT2D eigenvalue weighted by Crippen LogP contribution is 2.08. The Balaban J connectivity index is 0.000000461. The molecule has 0 fully saturated rings. The number of nitrogen functional groups attached to an aromatic ring is 1. The van der Waals surface area contributed by atoms with Crippen LogP contribution >= 0.6 is 0 Å². The molecule has 1 rings (SSSR count). The fourth-order valence-electron chi connectivity index (χ4n) is 0.649. The van der Waals surface area contributed by atoms with E-state index in [-0.39, 0.29) is 0 Å². The first-order valence-corrected chi connectivity index (χ1v) is 3.89. The van der Waals surface area contributed by atoms with Crippen molar-refractivity contribution in [2.75, 3.05) is 5.73 Å². The highest BCUT2D eigenvalue weighted by Gasteiger charge is 1.91. The fourth-order valence-corrected chi connectivity index (χ4v) is 0.649. The summed E-state index contributed by atoms with van der Waals surface area (Å²) in [5.41, 5.74) is 8.42. The molecule has 0 aliphatic rings. The molecular formula is C9H16N2. The summed E-state index contributed by atoms with van der Waals surface area (Å²) in [6.45, 7) is 7.87. The second kappa shape index (κ2) is 4.72. The molecule has 0 bridgehead atoms. The van der Waals surface area contributed by atoms with Gasteiger partial charge < -0.3 is 5.73 Å². The normalized spacial score (nSPS) is 8.36. The van der Waals surface area contributed by atoms with Gasteiger partial charge in [-0.1, -0.05) is 13.8 Å². The van der Waals surface area contributed by atoms with Crippen LogP contribution in [0.15, 0.2) is 12.3 Å². The predicted octanol–water partition coefficient (Wildman–Crippen LogP) is 2.31. The van der Waals surface area contributed by atoms with Crippen LogP contribution in [0.25, 0.3) is 0 Å². The van der Waals surface area contributed by atoms with Gasteiger partial charge in [0.2, 0.25) is 0 Å². The van der Waals surface area contributed by atoms with Crippen LogP contribution in [0.2, 0.25) is 0 Å². The van der Waals surface area contributed by atoms with Crippen molar-refractivity contribution >= 4 is 5.69 Å². The summed E-state index contributed by atoms with van der Waals surface area (Å²) in [5.74, 6) is 0. The van der Waals surface area contributed by atoms with Crippen LogP contribution < -0.4 is 5.73 Å². The maximum atomic E-state index is 5.58. The number of pyridine rings is 1. The number of aromatic nitrogens is 1. The smallest absolute Gasteiger partial charge is 0.0393 e. The lowest BCUT2D eigenvalue weighted by Gasteiger charge is -1.97. The minimum absolute atomic E-state index is 0.822. The van der Waals surface area contributed by atoms with Crippen LogP contribution in [0.1, 0.15) is 25.1 Å². The van der Waals surface area contributed by atoms with Gasteiger partial charge in [-0.2, -0.15) is 0 Å². The Hall–Kier alpha value is -1.05. The number of rotatable bonds is 0. The molecule has 0 amide bonds. The zero-order valence-electron chi connectivity index (χ0n) is 7.68. The maximum absolute atomic E-state index is 5.58. The molecule has 0 aliphatic carbocycles. The predicted molar refractivity (Wildman–Crippen MR) is 49.5 cm³/mol. The first-order valence-electron chi connectivity index (χ1n) is 3.89. The summed E-state index contributed by atoms with van der Waals surface area (Å²) in [4.78, 5) is 4.06. The third-order valence-corrected chi connectivity index (χ3v) is 1.28. The molecule has 0 radical (unpaired) electrons. The van der Waals surface area contributed by atoms with E-state index >= 15 is 0 Å². The van der Waals surface area contributed by atoms with Crippen molar-refractivity contribution in [1.82, 2.24) is 4.98 Å². The molecule has 0 spiro atoms. The van der Waals surface area contributed by atoms with E-state index in [2.05, 4.69) is 4.98 Å². The lowest BCUT2D eigenvalue weighted by molar-refractivity contribution is 1.17. The molecular weight excluding hydrogens is 136 g/mol. The van der Waals surface area contributed by atoms with Crippen molar-refractivity contribution in [2.24, 2.45) is 0 Å². The van der Waals surface area contributed by atoms with Crippen molar-refractivity contribution in [2.45, 2.75) is 27.7 Å². The Morgan fingerprint density at radius 2 is 1.82 bits per heavy atom. The van der Waals surface area contributed by atoms with Crippen LogP contribution in [0.3, 0.4) is 0 Å². The first kappa shape index (κ1) is 9.95. The van der Waals surface area contributed by atoms with Gasteiger partial charge in [-0.15, -0.1) is 0 Å². The van der Waals surface area contributed by atoms with E-state index in [0.717, 1.165) is 16.9 Å². The summed E-state index contributed by atoms with van der Waals surface area (Å²) >= 11 is 0. The number of nitrogens with zero attached hydrogens (tertiary/aromatic N) is 1. The average molecular weight is 152 g/mol. The summed E-state index contributed by atoms with van der Waals surface area (Å²) in [5, 5.41) is 0. The number of hydrogen-bond acceptors (Lipinski definition) is 2. The van der Waals surface area contributed by atoms with Crippen LogP contribution in [0, 0.1) is 13.8 Å². The molecule has 1 aromatic heterocycles. The Labute approximate surface area is 68.5 Å². The van der Waals surface area contributed by atoms with E-state index in [4.69, 9.17) is 5.73 Å². The fraction of sp³-hybridized carbons (Fsp3) is 0.444. The molecule has 0 saturated carbocycles. The molecule has 0 aromatic carbocycles. The summed E-state index contributed by atoms with van der Waals surface area (Å²) in [6.07, 6.45) is 1.78. The largest absolute Gasteiger partial charge is 0.398 e. The average Bonchev–Trinajstić information content (AvgIpc) is 2.02. The zero-order valence-corrected chi connectivity index (χ0v) is 7.68. The van der Waals surface area contributed by atoms with Gasteiger partial charge in [-0.25, -0.2) is 0 Å². The van der Waals surface area contributed by atoms with Gasteiger partial charge in [-0.3, -0.25) is 4.98 Å². The summed E-state index contributed by atoms with van der Waals surface area (Å²) < 4.78 is 0. The monoisotopic (exact) mass is 152 g/mol. The molecule has 0 aliphatic heterocycles. The third kappa shape index (κ3) is 3.03. The number of aryl methyl sites for hydroxylation is 2. The highest BCUT2D eigenvalue weighted by molar-refractivity contribution is 5.44. The molecule has 62 valence electrons. The minimum Gasteiger partial charge on any atom is -0.398 e. The standard InChI is InChI=1S/C7H10N2.C2H6/c1-5-4-9-6(2)3-7(5)8;1-2/h3-4H,1-2H3,(H2,8,9);1-2H3. The van der Waals surface area contributed by atoms with E-state index in [1.165, 1.54) is 0 Å². The van der Waals surface area contributed by atoms with Crippen LogP contribution in [0.4, 0.5) is 5.69 Å². The lowest BCUT2D eigenvalue weighted by atomic mass is 10.2. The van der Waals surface area contributed by atoms with Gasteiger partial charge in [0.25, 0.3) is 0 Å². The van der Waals surface area contributed by atoms with Crippen molar-refractivity contribution in [3.05, 3.63) is 23.5 Å². The van der Waals surface area contributed by atoms with Gasteiger partial charge in [0.15, 0.2) is 0 Å². The van der Waals surface area contributed by atoms with Crippen LogP contribution in [-0.4, -0.2) is 4.98 Å². The number of hydrogen-bond donors (Lipinski definition) is 1. The maximum Gasteiger partial charge on any atom is 0.0393 e. The molecule has 0 unspecified atom stereocenters. The molecule has 2 N–H and O–H groups in total. The molecule has 0 saturated heterocycles. The topological polar surface area (TPSA) is 38.9 Å². The van der Waals surface area contributed by atoms with Gasteiger partial charge in [0.1, 0.15) is 0 Å². The molecule has 1 heterocycles. The quantitative estimate of drug-likeness (QED) is 0.619. The number of anilines is 1. The second-order valence-electron chi connectivity index (χ2n) is 2.18. The van der Waals surface area contributed by atoms with Gasteiger partial charge in [-0.05, 0) is 25.5 Å². The van der Waals surface area contributed by atoms with Gasteiger partial charge in [0.05, 0.1) is 0 Å². The molecule has 2 nitrogen and oxygen atoms in total. The Bertz CT molecular complexity index is 219.